The molecular formula is C14H18ClN3O4S. The molecule has 3 amide bonds. The van der Waals surface area contributed by atoms with Crippen LogP contribution in [0.4, 0.5) is 10.5 Å². The molecule has 0 spiro atoms. The van der Waals surface area contributed by atoms with Crippen molar-refractivity contribution >= 4 is 47.0 Å². The Morgan fingerprint density at radius 2 is 1.96 bits per heavy atom. The monoisotopic (exact) mass is 359 g/mol. The Kier molecular flexibility index (Phi) is 8.28. The number of halogens is 1. The molecule has 9 heteroatoms. The van der Waals surface area contributed by atoms with E-state index in [1.807, 2.05) is 6.26 Å². The molecular weight excluding hydrogens is 342 g/mol. The van der Waals surface area contributed by atoms with Crippen LogP contribution in [0.5, 0.6) is 0 Å². The Labute approximate surface area is 143 Å². The highest BCUT2D eigenvalue weighted by Gasteiger charge is 2.21. The minimum atomic E-state index is -0.872. The first-order chi connectivity index (χ1) is 10.9. The predicted molar refractivity (Wildman–Crippen MR) is 90.5 cm³/mol. The number of carbonyl (C=O) groups is 3. The number of benzene rings is 1. The summed E-state index contributed by atoms with van der Waals surface area (Å²) in [4.78, 5) is 34.5. The summed E-state index contributed by atoms with van der Waals surface area (Å²) in [6.45, 7) is -0.461. The van der Waals surface area contributed by atoms with Crippen LogP contribution in [-0.2, 0) is 14.3 Å². The predicted octanol–water partition coefficient (Wildman–Crippen LogP) is 1.61. The molecule has 4 N–H and O–H groups in total. The first-order valence-electron chi connectivity index (χ1n) is 6.69. The minimum absolute atomic E-state index is 0.363. The van der Waals surface area contributed by atoms with E-state index < -0.39 is 30.6 Å². The lowest BCUT2D eigenvalue weighted by atomic mass is 10.2. The third-order valence-electron chi connectivity index (χ3n) is 2.69. The number of anilines is 1. The van der Waals surface area contributed by atoms with Crippen LogP contribution in [0.2, 0.25) is 5.02 Å². The first-order valence-corrected chi connectivity index (χ1v) is 8.46. The van der Waals surface area contributed by atoms with Crippen LogP contribution in [0.25, 0.3) is 0 Å². The number of amides is 3. The topological polar surface area (TPSA) is 111 Å². The zero-order chi connectivity index (χ0) is 17.2. The lowest BCUT2D eigenvalue weighted by Gasteiger charge is -2.15. The Balaban J connectivity index is 2.46. The van der Waals surface area contributed by atoms with Gasteiger partial charge in [0.25, 0.3) is 5.91 Å². The number of urea groups is 1. The van der Waals surface area contributed by atoms with Crippen LogP contribution < -0.4 is 16.4 Å². The van der Waals surface area contributed by atoms with E-state index in [2.05, 4.69) is 10.6 Å². The summed E-state index contributed by atoms with van der Waals surface area (Å²) in [6, 6.07) is 4.80. The average Bonchev–Trinajstić information content (AvgIpc) is 2.51. The smallest absolute Gasteiger partial charge is 0.329 e. The molecule has 126 valence electrons. The van der Waals surface area contributed by atoms with E-state index in [-0.39, 0.29) is 0 Å². The van der Waals surface area contributed by atoms with Gasteiger partial charge in [0.05, 0.1) is 0 Å². The van der Waals surface area contributed by atoms with E-state index in [9.17, 15) is 14.4 Å². The van der Waals surface area contributed by atoms with Crippen molar-refractivity contribution in [1.82, 2.24) is 5.32 Å². The van der Waals surface area contributed by atoms with Gasteiger partial charge < -0.3 is 21.1 Å². The maximum absolute atomic E-state index is 11.9. The Hall–Kier alpha value is -1.93. The van der Waals surface area contributed by atoms with Gasteiger partial charge in [0, 0.05) is 10.7 Å². The van der Waals surface area contributed by atoms with E-state index in [4.69, 9.17) is 22.1 Å². The van der Waals surface area contributed by atoms with Crippen molar-refractivity contribution in [2.75, 3.05) is 23.9 Å². The molecule has 0 saturated heterocycles. The van der Waals surface area contributed by atoms with Gasteiger partial charge in [-0.15, -0.1) is 0 Å². The van der Waals surface area contributed by atoms with Gasteiger partial charge in [-0.25, -0.2) is 9.59 Å². The summed E-state index contributed by atoms with van der Waals surface area (Å²) in [5, 5.41) is 5.40. The fraction of sp³-hybridized carbons (Fsp3) is 0.357. The van der Waals surface area contributed by atoms with Crippen LogP contribution in [0.3, 0.4) is 0 Å². The fourth-order valence-corrected chi connectivity index (χ4v) is 2.22. The lowest BCUT2D eigenvalue weighted by molar-refractivity contribution is -0.149. The summed E-state index contributed by atoms with van der Waals surface area (Å²) in [5.41, 5.74) is 5.55. The molecule has 0 unspecified atom stereocenters. The van der Waals surface area contributed by atoms with Crippen LogP contribution in [0.1, 0.15) is 6.42 Å². The zero-order valence-corrected chi connectivity index (χ0v) is 14.1. The van der Waals surface area contributed by atoms with Gasteiger partial charge in [-0.3, -0.25) is 4.79 Å². The second-order valence-corrected chi connectivity index (χ2v) is 5.93. The Morgan fingerprint density at radius 1 is 1.30 bits per heavy atom. The molecule has 1 aromatic rings. The van der Waals surface area contributed by atoms with E-state index >= 15 is 0 Å². The molecule has 1 aromatic carbocycles. The number of hydrogen-bond donors (Lipinski definition) is 3. The number of nitrogens with two attached hydrogens (primary N) is 1. The molecule has 1 rings (SSSR count). The molecule has 23 heavy (non-hydrogen) atoms. The van der Waals surface area contributed by atoms with E-state index in [1.165, 1.54) is 11.8 Å². The van der Waals surface area contributed by atoms with Crippen molar-refractivity contribution in [3.8, 4) is 0 Å². The molecule has 0 aromatic heterocycles. The summed E-state index contributed by atoms with van der Waals surface area (Å²) < 4.78 is 4.90. The molecule has 0 bridgehead atoms. The highest BCUT2D eigenvalue weighted by atomic mass is 35.5. The highest BCUT2D eigenvalue weighted by Crippen LogP contribution is 2.13. The normalized spacial score (nSPS) is 11.4. The zero-order valence-electron chi connectivity index (χ0n) is 12.5. The molecule has 0 fully saturated rings. The number of nitrogens with one attached hydrogen (secondary N) is 2. The number of esters is 1. The van der Waals surface area contributed by atoms with E-state index in [0.29, 0.717) is 22.9 Å². The summed E-state index contributed by atoms with van der Waals surface area (Å²) in [6.07, 6.45) is 2.23. The number of hydrogen-bond acceptors (Lipinski definition) is 5. The molecule has 0 aliphatic heterocycles. The van der Waals surface area contributed by atoms with Crippen LogP contribution in [0.15, 0.2) is 24.3 Å². The Morgan fingerprint density at radius 3 is 2.52 bits per heavy atom. The number of primary amides is 1. The van der Waals surface area contributed by atoms with Gasteiger partial charge in [0.1, 0.15) is 6.04 Å². The number of thioether (sulfide) groups is 1. The molecule has 7 nitrogen and oxygen atoms in total. The van der Waals surface area contributed by atoms with Gasteiger partial charge >= 0.3 is 12.0 Å². The van der Waals surface area contributed by atoms with Gasteiger partial charge in [-0.05, 0) is 42.7 Å². The van der Waals surface area contributed by atoms with E-state index in [1.54, 1.807) is 24.3 Å². The fourth-order valence-electron chi connectivity index (χ4n) is 1.62. The summed E-state index contributed by atoms with van der Waals surface area (Å²) in [5.74, 6) is -0.565. The highest BCUT2D eigenvalue weighted by molar-refractivity contribution is 7.98. The van der Waals surface area contributed by atoms with Gasteiger partial charge in [-0.1, -0.05) is 11.6 Å². The van der Waals surface area contributed by atoms with Crippen molar-refractivity contribution in [2.45, 2.75) is 12.5 Å². The second-order valence-electron chi connectivity index (χ2n) is 4.51. The molecule has 0 aliphatic carbocycles. The lowest BCUT2D eigenvalue weighted by Crippen LogP contribution is -2.45. The van der Waals surface area contributed by atoms with Crippen molar-refractivity contribution in [3.63, 3.8) is 0 Å². The van der Waals surface area contributed by atoms with Gasteiger partial charge in [0.2, 0.25) is 0 Å². The van der Waals surface area contributed by atoms with Crippen LogP contribution in [-0.4, -0.2) is 42.6 Å². The number of rotatable bonds is 8. The quantitative estimate of drug-likeness (QED) is 0.611. The van der Waals surface area contributed by atoms with Crippen molar-refractivity contribution in [3.05, 3.63) is 29.3 Å². The van der Waals surface area contributed by atoms with Gasteiger partial charge in [-0.2, -0.15) is 11.8 Å². The standard InChI is InChI=1S/C14H18ClN3O4S/c1-23-7-6-11(18-14(16)21)13(20)22-8-12(19)17-10-4-2-9(15)3-5-10/h2-5,11H,6-8H2,1H3,(H,17,19)(H3,16,18,21)/t11-/m1/s1. The van der Waals surface area contributed by atoms with Crippen molar-refractivity contribution in [1.29, 1.82) is 0 Å². The summed E-state index contributed by atoms with van der Waals surface area (Å²) in [7, 11) is 0. The summed E-state index contributed by atoms with van der Waals surface area (Å²) >= 11 is 7.25. The average molecular weight is 360 g/mol. The molecule has 0 heterocycles. The Bertz CT molecular complexity index is 553. The molecule has 1 atom stereocenters. The third-order valence-corrected chi connectivity index (χ3v) is 3.58. The number of carbonyl (C=O) groups excluding carboxylic acids is 3. The second kappa shape index (κ2) is 9.96. The van der Waals surface area contributed by atoms with Crippen molar-refractivity contribution < 1.29 is 19.1 Å². The maximum Gasteiger partial charge on any atom is 0.329 e. The van der Waals surface area contributed by atoms with E-state index in [0.717, 1.165) is 0 Å². The SMILES string of the molecule is CSCC[C@@H](NC(N)=O)C(=O)OCC(=O)Nc1ccc(Cl)cc1. The largest absolute Gasteiger partial charge is 0.454 e. The molecule has 0 saturated carbocycles. The number of ether oxygens (including phenoxy) is 1. The van der Waals surface area contributed by atoms with Gasteiger partial charge in [0.15, 0.2) is 6.61 Å². The minimum Gasteiger partial charge on any atom is -0.454 e. The maximum atomic E-state index is 11.9. The van der Waals surface area contributed by atoms with Crippen LogP contribution >= 0.6 is 23.4 Å². The molecule has 0 aliphatic rings. The van der Waals surface area contributed by atoms with Crippen LogP contribution in [0, 0.1) is 0 Å². The third kappa shape index (κ3) is 7.75. The molecule has 0 radical (unpaired) electrons. The van der Waals surface area contributed by atoms with Crippen molar-refractivity contribution in [2.24, 2.45) is 5.73 Å². The first kappa shape index (κ1) is 19.1.